The molecule has 0 amide bonds. The van der Waals surface area contributed by atoms with Crippen molar-refractivity contribution in [1.29, 1.82) is 0 Å². The van der Waals surface area contributed by atoms with Crippen LogP contribution in [0.5, 0.6) is 0 Å². The van der Waals surface area contributed by atoms with Crippen LogP contribution in [0, 0.1) is 0 Å². The summed E-state index contributed by atoms with van der Waals surface area (Å²) >= 11 is 0. The SMILES string of the molecule is CCCCC/C=C\C/C=C\CCCCCCCC(=O)OCC(COC(OCC[N+](C)(C)C)C(=O)O)OC(=O)CCCCCCCCCCCCCCCCCCCCCCCCC/C=C\C/C=C\CCCCCCC. The first-order valence-corrected chi connectivity index (χ1v) is 31.8. The molecule has 0 aromatic rings. The zero-order chi connectivity index (χ0) is 54.8. The Kier molecular flexibility index (Phi) is 55.3. The van der Waals surface area contributed by atoms with Gasteiger partial charge in [-0.3, -0.25) is 9.59 Å². The molecule has 0 heterocycles. The summed E-state index contributed by atoms with van der Waals surface area (Å²) in [5.41, 5.74) is 0. The number of rotatable bonds is 59. The highest BCUT2D eigenvalue weighted by Gasteiger charge is 2.25. The molecule has 0 saturated heterocycles. The molecule has 0 radical (unpaired) electrons. The highest BCUT2D eigenvalue weighted by molar-refractivity contribution is 5.71. The number of carboxylic acid groups (broad SMARTS) is 1. The number of carboxylic acids is 1. The number of carbonyl (C=O) groups is 3. The number of aliphatic carboxylic acids is 1. The van der Waals surface area contributed by atoms with Gasteiger partial charge >= 0.3 is 17.9 Å². The molecular formula is C66H122NO8+. The third-order valence-corrected chi connectivity index (χ3v) is 14.1. The van der Waals surface area contributed by atoms with Crippen molar-refractivity contribution in [1.82, 2.24) is 0 Å². The van der Waals surface area contributed by atoms with Gasteiger partial charge in [0.15, 0.2) is 6.10 Å². The molecule has 9 nitrogen and oxygen atoms in total. The number of allylic oxidation sites excluding steroid dienone is 8. The van der Waals surface area contributed by atoms with Gasteiger partial charge in [-0.1, -0.05) is 255 Å². The molecule has 75 heavy (non-hydrogen) atoms. The number of hydrogen-bond donors (Lipinski definition) is 1. The van der Waals surface area contributed by atoms with E-state index in [0.717, 1.165) is 70.6 Å². The number of unbranched alkanes of at least 4 members (excludes halogenated alkanes) is 36. The Balaban J connectivity index is 4.03. The molecule has 2 atom stereocenters. The molecule has 0 spiro atoms. The Labute approximate surface area is 463 Å². The molecule has 0 bridgehead atoms. The van der Waals surface area contributed by atoms with E-state index in [0.29, 0.717) is 11.0 Å². The lowest BCUT2D eigenvalue weighted by molar-refractivity contribution is -0.870. The first-order chi connectivity index (χ1) is 36.6. The van der Waals surface area contributed by atoms with E-state index in [1.54, 1.807) is 0 Å². The van der Waals surface area contributed by atoms with Gasteiger partial charge in [0.25, 0.3) is 6.29 Å². The normalized spacial score (nSPS) is 13.0. The summed E-state index contributed by atoms with van der Waals surface area (Å²) in [6.45, 7) is 4.85. The topological polar surface area (TPSA) is 108 Å². The molecule has 0 saturated carbocycles. The second-order valence-electron chi connectivity index (χ2n) is 22.7. The van der Waals surface area contributed by atoms with Crippen molar-refractivity contribution in [3.63, 3.8) is 0 Å². The highest BCUT2D eigenvalue weighted by atomic mass is 16.7. The Morgan fingerprint density at radius 3 is 1.08 bits per heavy atom. The first-order valence-electron chi connectivity index (χ1n) is 31.8. The zero-order valence-electron chi connectivity index (χ0n) is 50.0. The molecule has 0 aromatic carbocycles. The molecule has 2 unspecified atom stereocenters. The van der Waals surface area contributed by atoms with E-state index < -0.39 is 24.3 Å². The average Bonchev–Trinajstić information content (AvgIpc) is 3.38. The molecule has 1 N–H and O–H groups in total. The van der Waals surface area contributed by atoms with Crippen LogP contribution in [0.2, 0.25) is 0 Å². The van der Waals surface area contributed by atoms with Crippen LogP contribution in [0.15, 0.2) is 48.6 Å². The Morgan fingerprint density at radius 2 is 0.720 bits per heavy atom. The van der Waals surface area contributed by atoms with Gasteiger partial charge in [-0.2, -0.15) is 0 Å². The quantitative estimate of drug-likeness (QED) is 0.0211. The van der Waals surface area contributed by atoms with Crippen molar-refractivity contribution in [3.05, 3.63) is 48.6 Å². The van der Waals surface area contributed by atoms with Crippen LogP contribution >= 0.6 is 0 Å². The van der Waals surface area contributed by atoms with Gasteiger partial charge in [-0.25, -0.2) is 4.79 Å². The van der Waals surface area contributed by atoms with E-state index in [4.69, 9.17) is 18.9 Å². The summed E-state index contributed by atoms with van der Waals surface area (Å²) in [6, 6.07) is 0. The number of likely N-dealkylation sites (N-methyl/N-ethyl adjacent to an activating group) is 1. The molecule has 0 aliphatic heterocycles. The fourth-order valence-corrected chi connectivity index (χ4v) is 9.14. The second-order valence-corrected chi connectivity index (χ2v) is 22.7. The van der Waals surface area contributed by atoms with Gasteiger partial charge in [0.05, 0.1) is 34.4 Å². The summed E-state index contributed by atoms with van der Waals surface area (Å²) < 4.78 is 22.9. The molecule has 0 aliphatic carbocycles. The number of esters is 2. The first kappa shape index (κ1) is 72.2. The van der Waals surface area contributed by atoms with Crippen LogP contribution in [0.4, 0.5) is 0 Å². The minimum Gasteiger partial charge on any atom is -0.477 e. The molecule has 9 heteroatoms. The van der Waals surface area contributed by atoms with Crippen molar-refractivity contribution in [2.45, 2.75) is 309 Å². The summed E-state index contributed by atoms with van der Waals surface area (Å²) in [5.74, 6) is -2.01. The Bertz CT molecular complexity index is 1370. The van der Waals surface area contributed by atoms with Gasteiger partial charge in [-0.05, 0) is 77.0 Å². The molecular weight excluding hydrogens is 935 g/mol. The largest absolute Gasteiger partial charge is 0.477 e. The van der Waals surface area contributed by atoms with E-state index in [2.05, 4.69) is 62.5 Å². The van der Waals surface area contributed by atoms with E-state index in [1.165, 1.54) is 199 Å². The zero-order valence-corrected chi connectivity index (χ0v) is 50.0. The fourth-order valence-electron chi connectivity index (χ4n) is 9.14. The molecule has 0 fully saturated rings. The van der Waals surface area contributed by atoms with E-state index in [-0.39, 0.29) is 38.6 Å². The van der Waals surface area contributed by atoms with Gasteiger partial charge in [0.1, 0.15) is 13.2 Å². The number of ether oxygens (including phenoxy) is 4. The standard InChI is InChI=1S/C66H121NO8/c1-6-8-10-12-14-16-18-20-22-23-24-25-26-27-28-29-30-31-32-33-34-35-36-37-38-39-40-41-43-45-47-49-51-53-55-57-64(69)75-62(61-74-66(65(70)71)72-59-58-67(3,4)5)60-73-63(68)56-54-52-50-48-46-44-42-21-19-17-15-13-11-9-7-2/h15,17-18,20-21,23-24,42,62,66H,6-14,16,19,22,25-41,43-61H2,1-5H3/p+1/b17-15-,20-18-,24-23-,42-21-. The van der Waals surface area contributed by atoms with Gasteiger partial charge in [0, 0.05) is 12.8 Å². The predicted molar refractivity (Wildman–Crippen MR) is 318 cm³/mol. The minimum absolute atomic E-state index is 0.186. The van der Waals surface area contributed by atoms with Crippen LogP contribution in [-0.2, 0) is 33.3 Å². The monoisotopic (exact) mass is 1060 g/mol. The minimum atomic E-state index is -1.51. The van der Waals surface area contributed by atoms with Crippen LogP contribution < -0.4 is 0 Å². The maximum absolute atomic E-state index is 12.9. The van der Waals surface area contributed by atoms with Crippen molar-refractivity contribution >= 4 is 17.9 Å². The lowest BCUT2D eigenvalue weighted by Gasteiger charge is -2.25. The predicted octanol–water partition coefficient (Wildman–Crippen LogP) is 19.0. The Hall–Kier alpha value is -2.75. The lowest BCUT2D eigenvalue weighted by Crippen LogP contribution is -2.40. The number of nitrogens with zero attached hydrogens (tertiary/aromatic N) is 1. The van der Waals surface area contributed by atoms with Crippen molar-refractivity contribution in [2.24, 2.45) is 0 Å². The Morgan fingerprint density at radius 1 is 0.400 bits per heavy atom. The maximum atomic E-state index is 12.9. The van der Waals surface area contributed by atoms with Crippen molar-refractivity contribution in [3.8, 4) is 0 Å². The van der Waals surface area contributed by atoms with Crippen molar-refractivity contribution < 1.29 is 42.9 Å². The van der Waals surface area contributed by atoms with E-state index in [9.17, 15) is 19.5 Å². The number of quaternary nitrogens is 1. The smallest absolute Gasteiger partial charge is 0.361 e. The summed E-state index contributed by atoms with van der Waals surface area (Å²) in [4.78, 5) is 37.4. The maximum Gasteiger partial charge on any atom is 0.361 e. The fraction of sp³-hybridized carbons (Fsp3) is 0.833. The van der Waals surface area contributed by atoms with Crippen LogP contribution in [-0.4, -0.2) is 87.4 Å². The van der Waals surface area contributed by atoms with E-state index in [1.807, 2.05) is 21.1 Å². The molecule has 0 rings (SSSR count). The van der Waals surface area contributed by atoms with Crippen LogP contribution in [0.25, 0.3) is 0 Å². The number of hydrogen-bond acceptors (Lipinski definition) is 7. The van der Waals surface area contributed by atoms with Gasteiger partial charge < -0.3 is 28.5 Å². The van der Waals surface area contributed by atoms with E-state index >= 15 is 0 Å². The summed E-state index contributed by atoms with van der Waals surface area (Å²) in [5, 5.41) is 9.70. The lowest BCUT2D eigenvalue weighted by atomic mass is 10.0. The van der Waals surface area contributed by atoms with Crippen LogP contribution in [0.1, 0.15) is 296 Å². The summed E-state index contributed by atoms with van der Waals surface area (Å²) in [6.07, 6.45) is 69.4. The average molecular weight is 1060 g/mol. The molecule has 438 valence electrons. The highest BCUT2D eigenvalue weighted by Crippen LogP contribution is 2.17. The second kappa shape index (κ2) is 57.4. The third kappa shape index (κ3) is 58.8. The van der Waals surface area contributed by atoms with Crippen molar-refractivity contribution in [2.75, 3.05) is 47.5 Å². The van der Waals surface area contributed by atoms with Gasteiger partial charge in [-0.15, -0.1) is 0 Å². The van der Waals surface area contributed by atoms with Crippen LogP contribution in [0.3, 0.4) is 0 Å². The molecule has 0 aromatic heterocycles. The summed E-state index contributed by atoms with van der Waals surface area (Å²) in [7, 11) is 5.97. The number of carbonyl (C=O) groups excluding carboxylic acids is 2. The third-order valence-electron chi connectivity index (χ3n) is 14.1. The molecule has 0 aliphatic rings. The van der Waals surface area contributed by atoms with Gasteiger partial charge in [0.2, 0.25) is 0 Å².